The molecule has 3 aromatic carbocycles. The first-order chi connectivity index (χ1) is 27.6. The van der Waals surface area contributed by atoms with Gasteiger partial charge < -0.3 is 25.0 Å². The van der Waals surface area contributed by atoms with Gasteiger partial charge in [-0.15, -0.1) is 13.2 Å². The van der Waals surface area contributed by atoms with Gasteiger partial charge in [0.25, 0.3) is 0 Å². The van der Waals surface area contributed by atoms with E-state index in [0.29, 0.717) is 0 Å². The number of hydrogen-bond acceptors (Lipinski definition) is 5. The molecule has 0 radical (unpaired) electrons. The third kappa shape index (κ3) is 11.1. The maximum absolute atomic E-state index is 6.12. The van der Waals surface area contributed by atoms with E-state index in [-0.39, 0.29) is 18.4 Å². The van der Waals surface area contributed by atoms with E-state index in [0.717, 1.165) is 79.7 Å². The van der Waals surface area contributed by atoms with E-state index in [1.807, 2.05) is 141 Å². The number of para-hydroxylation sites is 4. The van der Waals surface area contributed by atoms with Gasteiger partial charge in [-0.3, -0.25) is 0 Å². The van der Waals surface area contributed by atoms with E-state index < -0.39 is 0 Å². The van der Waals surface area contributed by atoms with Crippen LogP contribution in [-0.4, -0.2) is 11.1 Å². The molecule has 288 valence electrons. The molecule has 2 aliphatic heterocycles. The number of hydrogen-bond donors (Lipinski definition) is 2. The fourth-order valence-electron chi connectivity index (χ4n) is 6.18. The molecule has 0 amide bonds. The summed E-state index contributed by atoms with van der Waals surface area (Å²) in [5, 5.41) is 6.82. The second-order valence-corrected chi connectivity index (χ2v) is 13.6. The fourth-order valence-corrected chi connectivity index (χ4v) is 6.18. The lowest BCUT2D eigenvalue weighted by atomic mass is 9.99. The van der Waals surface area contributed by atoms with Gasteiger partial charge in [-0.25, -0.2) is 0 Å². The highest BCUT2D eigenvalue weighted by Crippen LogP contribution is 2.37. The summed E-state index contributed by atoms with van der Waals surface area (Å²) in [7, 11) is 0. The first-order valence-corrected chi connectivity index (χ1v) is 19.0. The molecule has 0 spiro atoms. The summed E-state index contributed by atoms with van der Waals surface area (Å²) >= 11 is 0. The number of ether oxygens (including phenoxy) is 2. The van der Waals surface area contributed by atoms with Crippen LogP contribution >= 0.6 is 0 Å². The quantitative estimate of drug-likeness (QED) is 0.0943. The van der Waals surface area contributed by atoms with Gasteiger partial charge in [-0.05, 0) is 114 Å². The topological polar surface area (TPSA) is 45.8 Å². The van der Waals surface area contributed by atoms with E-state index >= 15 is 0 Å². The van der Waals surface area contributed by atoms with Crippen molar-refractivity contribution in [2.75, 3.05) is 10.6 Å². The van der Waals surface area contributed by atoms with Crippen molar-refractivity contribution < 1.29 is 9.47 Å². The maximum atomic E-state index is 6.12. The summed E-state index contributed by atoms with van der Waals surface area (Å²) in [5.74, 6) is 1.88. The zero-order valence-electron chi connectivity index (χ0n) is 33.2. The Balaban J connectivity index is 1.36. The lowest BCUT2D eigenvalue weighted by Crippen LogP contribution is -2.16. The Morgan fingerprint density at radius 3 is 2.07 bits per heavy atom. The molecule has 5 heteroatoms. The first kappa shape index (κ1) is 41.2. The molecule has 0 saturated heterocycles. The van der Waals surface area contributed by atoms with E-state index in [9.17, 15) is 0 Å². The molecule has 5 nitrogen and oxygen atoms in total. The minimum atomic E-state index is -0.281. The van der Waals surface area contributed by atoms with Crippen LogP contribution in [0.1, 0.15) is 37.6 Å². The molecule has 2 N–H and O–H groups in total. The molecule has 0 aliphatic carbocycles. The summed E-state index contributed by atoms with van der Waals surface area (Å²) in [6.45, 7) is 33.0. The number of fused-ring (bicyclic) bond motifs is 2. The lowest BCUT2D eigenvalue weighted by Gasteiger charge is -2.23. The second kappa shape index (κ2) is 20.1. The Morgan fingerprint density at radius 1 is 0.754 bits per heavy atom. The fraction of sp³-hybridized carbons (Fsp3) is 0.115. The van der Waals surface area contributed by atoms with Crippen molar-refractivity contribution in [3.63, 3.8) is 0 Å². The van der Waals surface area contributed by atoms with Crippen molar-refractivity contribution in [3.05, 3.63) is 249 Å². The number of rotatable bonds is 19. The van der Waals surface area contributed by atoms with Gasteiger partial charge in [0.15, 0.2) is 12.5 Å². The van der Waals surface area contributed by atoms with Gasteiger partial charge >= 0.3 is 0 Å². The predicted molar refractivity (Wildman–Crippen MR) is 244 cm³/mol. The molecule has 0 bridgehead atoms. The number of nitrogens with zero attached hydrogens (tertiary/aromatic N) is 1. The molecule has 2 heterocycles. The van der Waals surface area contributed by atoms with Gasteiger partial charge in [0.1, 0.15) is 11.5 Å². The SMILES string of the molecule is C=CCC(C=C)/C=C\C(=C)C(=C)/C=C(/C)C(=C)/C=C(\C)N(/C=C/C=C(\C=C)c1ccc(C2Nc3ccccc3O2)cc1)/C(C=C)=C/C=C/C1Nc2ccccc2O1. The highest BCUT2D eigenvalue weighted by atomic mass is 16.5. The number of nitrogens with one attached hydrogen (secondary N) is 2. The van der Waals surface area contributed by atoms with E-state index in [1.165, 1.54) is 0 Å². The van der Waals surface area contributed by atoms with Gasteiger partial charge in [0.05, 0.1) is 11.4 Å². The standard InChI is InChI=1S/C52H53N3O2/c1-10-20-42(11-2)29-28-37(5)38(6)35-39(7)40(8)36-41(9)55(46(13-4)22-18-27-51-53-47-23-14-16-25-49(47)56-51)34-19-21-43(12-3)44-30-32-45(33-31-44)52-54-48-24-15-17-26-50(48)57-52/h10-19,21-36,42,51-54H,1-6,8,20H2,7,9H3/b27-18+,29-28-,34-19+,39-35-,41-36+,43-21+,46-22+. The molecule has 3 unspecified atom stereocenters. The predicted octanol–water partition coefficient (Wildman–Crippen LogP) is 13.5. The average molecular weight is 752 g/mol. The minimum Gasteiger partial charge on any atom is -0.465 e. The molecule has 57 heavy (non-hydrogen) atoms. The summed E-state index contributed by atoms with van der Waals surface area (Å²) in [6.07, 6.45) is 27.9. The van der Waals surface area contributed by atoms with Crippen LogP contribution in [0.25, 0.3) is 5.57 Å². The van der Waals surface area contributed by atoms with Crippen LogP contribution in [0.5, 0.6) is 11.5 Å². The molecular weight excluding hydrogens is 699 g/mol. The second-order valence-electron chi connectivity index (χ2n) is 13.6. The van der Waals surface area contributed by atoms with Gasteiger partial charge in [0, 0.05) is 23.2 Å². The van der Waals surface area contributed by atoms with Crippen molar-refractivity contribution in [1.82, 2.24) is 4.90 Å². The summed E-state index contributed by atoms with van der Waals surface area (Å²) in [6, 6.07) is 24.2. The van der Waals surface area contributed by atoms with Gasteiger partial charge in [-0.1, -0.05) is 130 Å². The van der Waals surface area contributed by atoms with Crippen molar-refractivity contribution in [1.29, 1.82) is 0 Å². The van der Waals surface area contributed by atoms with E-state index in [1.54, 1.807) is 0 Å². The monoisotopic (exact) mass is 751 g/mol. The van der Waals surface area contributed by atoms with Crippen molar-refractivity contribution in [3.8, 4) is 11.5 Å². The van der Waals surface area contributed by atoms with Crippen molar-refractivity contribution >= 4 is 16.9 Å². The third-order valence-corrected chi connectivity index (χ3v) is 9.53. The molecule has 5 rings (SSSR count). The van der Waals surface area contributed by atoms with Crippen LogP contribution in [0.15, 0.2) is 238 Å². The zero-order chi connectivity index (χ0) is 40.7. The molecular formula is C52H53N3O2. The van der Waals surface area contributed by atoms with Crippen LogP contribution in [0, 0.1) is 5.92 Å². The van der Waals surface area contributed by atoms with Crippen LogP contribution in [0.2, 0.25) is 0 Å². The normalized spacial score (nSPS) is 17.2. The molecule has 0 saturated carbocycles. The summed E-state index contributed by atoms with van der Waals surface area (Å²) in [5.41, 5.74) is 10.2. The summed E-state index contributed by atoms with van der Waals surface area (Å²) in [4.78, 5) is 2.07. The Labute approximate surface area is 339 Å². The third-order valence-electron chi connectivity index (χ3n) is 9.53. The minimum absolute atomic E-state index is 0.197. The van der Waals surface area contributed by atoms with Crippen LogP contribution in [0.4, 0.5) is 11.4 Å². The van der Waals surface area contributed by atoms with Gasteiger partial charge in [0.2, 0.25) is 0 Å². The summed E-state index contributed by atoms with van der Waals surface area (Å²) < 4.78 is 12.2. The Bertz CT molecular complexity index is 2190. The molecule has 2 aliphatic rings. The Kier molecular flexibility index (Phi) is 14.5. The zero-order valence-corrected chi connectivity index (χ0v) is 33.2. The van der Waals surface area contributed by atoms with Crippen LogP contribution in [-0.2, 0) is 0 Å². The molecule has 3 atom stereocenters. The Hall–Kier alpha value is -6.98. The smallest absolute Gasteiger partial charge is 0.196 e. The van der Waals surface area contributed by atoms with E-state index in [2.05, 4.69) is 91.9 Å². The molecule has 0 aromatic heterocycles. The maximum Gasteiger partial charge on any atom is 0.196 e. The number of benzene rings is 3. The van der Waals surface area contributed by atoms with Gasteiger partial charge in [-0.2, -0.15) is 0 Å². The first-order valence-electron chi connectivity index (χ1n) is 19.0. The Morgan fingerprint density at radius 2 is 1.44 bits per heavy atom. The highest BCUT2D eigenvalue weighted by Gasteiger charge is 2.22. The number of allylic oxidation sites excluding steroid dienone is 18. The van der Waals surface area contributed by atoms with E-state index in [4.69, 9.17) is 9.47 Å². The van der Waals surface area contributed by atoms with Crippen LogP contribution < -0.4 is 20.1 Å². The molecule has 3 aromatic rings. The lowest BCUT2D eigenvalue weighted by molar-refractivity contribution is 0.260. The van der Waals surface area contributed by atoms with Crippen molar-refractivity contribution in [2.45, 2.75) is 32.7 Å². The largest absolute Gasteiger partial charge is 0.465 e. The number of anilines is 2. The van der Waals surface area contributed by atoms with Crippen molar-refractivity contribution in [2.24, 2.45) is 5.92 Å². The average Bonchev–Trinajstić information content (AvgIpc) is 3.86. The molecule has 0 fully saturated rings. The highest BCUT2D eigenvalue weighted by molar-refractivity contribution is 5.75. The van der Waals surface area contributed by atoms with Crippen LogP contribution in [0.3, 0.4) is 0 Å².